The molecular weight excluding hydrogens is 461 g/mol. The van der Waals surface area contributed by atoms with Crippen LogP contribution in [0.3, 0.4) is 0 Å². The number of nitrogens with zero attached hydrogens (tertiary/aromatic N) is 2. The van der Waals surface area contributed by atoms with Gasteiger partial charge in [0.15, 0.2) is 0 Å². The molecule has 0 fully saturated rings. The first-order valence-corrected chi connectivity index (χ1v) is 12.6. The van der Waals surface area contributed by atoms with Gasteiger partial charge in [-0.15, -0.1) is 0 Å². The average molecular weight is 490 g/mol. The van der Waals surface area contributed by atoms with Gasteiger partial charge < -0.3 is 10.2 Å². The highest BCUT2D eigenvalue weighted by molar-refractivity contribution is 7.90. The number of halogens is 1. The van der Waals surface area contributed by atoms with Crippen LogP contribution in [0, 0.1) is 5.82 Å². The van der Waals surface area contributed by atoms with E-state index in [9.17, 15) is 27.2 Å². The van der Waals surface area contributed by atoms with Gasteiger partial charge >= 0.3 is 0 Å². The second kappa shape index (κ2) is 10.8. The van der Waals surface area contributed by atoms with E-state index in [-0.39, 0.29) is 35.9 Å². The molecule has 10 heteroatoms. The van der Waals surface area contributed by atoms with Gasteiger partial charge in [-0.1, -0.05) is 37.6 Å². The van der Waals surface area contributed by atoms with E-state index >= 15 is 0 Å². The number of carbonyl (C=O) groups excluding carboxylic acids is 3. The Morgan fingerprint density at radius 3 is 2.44 bits per heavy atom. The van der Waals surface area contributed by atoms with Crippen LogP contribution in [0.4, 0.5) is 4.39 Å². The Kier molecular flexibility index (Phi) is 8.03. The molecule has 0 radical (unpaired) electrons. The van der Waals surface area contributed by atoms with Gasteiger partial charge in [0.2, 0.25) is 11.8 Å². The zero-order chi connectivity index (χ0) is 24.9. The minimum atomic E-state index is -4.04. The average Bonchev–Trinajstić information content (AvgIpc) is 3.02. The SMILES string of the molecule is CCCCNC(=O)C(C)N(Cc1ccc(F)cc1)C(=O)CCN1C(=O)c2ccccc2S1(=O)=O. The zero-order valence-corrected chi connectivity index (χ0v) is 20.0. The molecule has 0 aromatic heterocycles. The maximum absolute atomic E-state index is 13.3. The zero-order valence-electron chi connectivity index (χ0n) is 19.2. The first-order chi connectivity index (χ1) is 16.2. The van der Waals surface area contributed by atoms with Gasteiger partial charge in [0.25, 0.3) is 15.9 Å². The van der Waals surface area contributed by atoms with Crippen LogP contribution >= 0.6 is 0 Å². The third kappa shape index (κ3) is 5.44. The number of hydrogen-bond donors (Lipinski definition) is 1. The summed E-state index contributed by atoms with van der Waals surface area (Å²) in [6.45, 7) is 3.72. The van der Waals surface area contributed by atoms with Crippen LogP contribution in [-0.4, -0.2) is 54.5 Å². The fourth-order valence-corrected chi connectivity index (χ4v) is 5.27. The summed E-state index contributed by atoms with van der Waals surface area (Å²) < 4.78 is 39.5. The maximum atomic E-state index is 13.3. The van der Waals surface area contributed by atoms with Crippen molar-refractivity contribution in [1.82, 2.24) is 14.5 Å². The van der Waals surface area contributed by atoms with Crippen molar-refractivity contribution in [2.24, 2.45) is 0 Å². The van der Waals surface area contributed by atoms with E-state index < -0.39 is 33.7 Å². The van der Waals surface area contributed by atoms with Gasteiger partial charge in [0.1, 0.15) is 16.8 Å². The molecular formula is C24H28FN3O5S. The van der Waals surface area contributed by atoms with Crippen molar-refractivity contribution in [2.45, 2.75) is 50.6 Å². The first kappa shape index (κ1) is 25.4. The third-order valence-corrected chi connectivity index (χ3v) is 7.54. The summed E-state index contributed by atoms with van der Waals surface area (Å²) in [5.41, 5.74) is 0.682. The van der Waals surface area contributed by atoms with E-state index in [0.717, 1.165) is 12.8 Å². The minimum Gasteiger partial charge on any atom is -0.354 e. The number of amides is 3. The van der Waals surface area contributed by atoms with E-state index in [1.807, 2.05) is 6.92 Å². The highest BCUT2D eigenvalue weighted by Gasteiger charge is 2.41. The summed E-state index contributed by atoms with van der Waals surface area (Å²) in [6.07, 6.45) is 1.39. The summed E-state index contributed by atoms with van der Waals surface area (Å²) >= 11 is 0. The molecule has 0 saturated heterocycles. The van der Waals surface area contributed by atoms with Crippen molar-refractivity contribution in [2.75, 3.05) is 13.1 Å². The topological polar surface area (TPSA) is 104 Å². The monoisotopic (exact) mass is 489 g/mol. The Labute approximate surface area is 198 Å². The molecule has 1 aliphatic heterocycles. The predicted molar refractivity (Wildman–Crippen MR) is 124 cm³/mol. The Bertz CT molecular complexity index is 1170. The lowest BCUT2D eigenvalue weighted by molar-refractivity contribution is -0.140. The van der Waals surface area contributed by atoms with Crippen molar-refractivity contribution < 1.29 is 27.2 Å². The largest absolute Gasteiger partial charge is 0.354 e. The molecule has 2 aromatic carbocycles. The van der Waals surface area contributed by atoms with Crippen LogP contribution in [0.2, 0.25) is 0 Å². The van der Waals surface area contributed by atoms with Gasteiger partial charge in [0, 0.05) is 26.1 Å². The molecule has 8 nitrogen and oxygen atoms in total. The van der Waals surface area contributed by atoms with Gasteiger partial charge in [-0.3, -0.25) is 14.4 Å². The summed E-state index contributed by atoms with van der Waals surface area (Å²) in [5.74, 6) is -1.95. The number of carbonyl (C=O) groups is 3. The first-order valence-electron chi connectivity index (χ1n) is 11.1. The molecule has 1 aliphatic rings. The number of benzene rings is 2. The number of unbranched alkanes of at least 4 members (excludes halogenated alkanes) is 1. The summed E-state index contributed by atoms with van der Waals surface area (Å²) in [7, 11) is -4.04. The van der Waals surface area contributed by atoms with E-state index in [0.29, 0.717) is 16.4 Å². The standard InChI is InChI=1S/C24H28FN3O5S/c1-3-4-14-26-23(30)17(2)27(16-18-9-11-19(25)12-10-18)22(29)13-15-28-24(31)20-7-5-6-8-21(20)34(28,32)33/h5-12,17H,3-4,13-16H2,1-2H3,(H,26,30). The molecule has 0 spiro atoms. The lowest BCUT2D eigenvalue weighted by Crippen LogP contribution is -2.48. The van der Waals surface area contributed by atoms with Gasteiger partial charge in [-0.2, -0.15) is 0 Å². The van der Waals surface area contributed by atoms with Crippen LogP contribution in [-0.2, 0) is 26.2 Å². The smallest absolute Gasteiger partial charge is 0.269 e. The lowest BCUT2D eigenvalue weighted by atomic mass is 10.1. The Hall–Kier alpha value is -3.27. The van der Waals surface area contributed by atoms with Crippen molar-refractivity contribution in [1.29, 1.82) is 0 Å². The molecule has 3 rings (SSSR count). The summed E-state index contributed by atoms with van der Waals surface area (Å²) in [5, 5.41) is 2.79. The number of fused-ring (bicyclic) bond motifs is 1. The normalized spacial score (nSPS) is 15.0. The minimum absolute atomic E-state index is 0.0302. The van der Waals surface area contributed by atoms with Crippen LogP contribution < -0.4 is 5.32 Å². The number of hydrogen-bond acceptors (Lipinski definition) is 5. The van der Waals surface area contributed by atoms with Crippen molar-refractivity contribution in [3.63, 3.8) is 0 Å². The number of sulfonamides is 1. The molecule has 0 aliphatic carbocycles. The molecule has 34 heavy (non-hydrogen) atoms. The number of nitrogens with one attached hydrogen (secondary N) is 1. The highest BCUT2D eigenvalue weighted by atomic mass is 32.2. The molecule has 2 aromatic rings. The van der Waals surface area contributed by atoms with Crippen molar-refractivity contribution in [3.8, 4) is 0 Å². The maximum Gasteiger partial charge on any atom is 0.269 e. The predicted octanol–water partition coefficient (Wildman–Crippen LogP) is 2.69. The van der Waals surface area contributed by atoms with E-state index in [2.05, 4.69) is 5.32 Å². The van der Waals surface area contributed by atoms with Crippen LogP contribution in [0.1, 0.15) is 49.0 Å². The Morgan fingerprint density at radius 1 is 1.12 bits per heavy atom. The quantitative estimate of drug-likeness (QED) is 0.517. The molecule has 1 atom stereocenters. The van der Waals surface area contributed by atoms with Crippen LogP contribution in [0.5, 0.6) is 0 Å². The number of rotatable bonds is 10. The van der Waals surface area contributed by atoms with Crippen molar-refractivity contribution in [3.05, 3.63) is 65.5 Å². The summed E-state index contributed by atoms with van der Waals surface area (Å²) in [4.78, 5) is 39.7. The summed E-state index contributed by atoms with van der Waals surface area (Å²) in [6, 6.07) is 10.6. The van der Waals surface area contributed by atoms with E-state index in [4.69, 9.17) is 0 Å². The van der Waals surface area contributed by atoms with Crippen LogP contribution in [0.15, 0.2) is 53.4 Å². The fraction of sp³-hybridized carbons (Fsp3) is 0.375. The van der Waals surface area contributed by atoms with Gasteiger partial charge in [-0.05, 0) is 43.2 Å². The van der Waals surface area contributed by atoms with Crippen molar-refractivity contribution >= 4 is 27.7 Å². The van der Waals surface area contributed by atoms with Crippen LogP contribution in [0.25, 0.3) is 0 Å². The van der Waals surface area contributed by atoms with Gasteiger partial charge in [0.05, 0.1) is 5.56 Å². The van der Waals surface area contributed by atoms with Gasteiger partial charge in [-0.25, -0.2) is 17.1 Å². The second-order valence-electron chi connectivity index (χ2n) is 8.10. The molecule has 0 bridgehead atoms. The fourth-order valence-electron chi connectivity index (χ4n) is 3.70. The Morgan fingerprint density at radius 2 is 1.79 bits per heavy atom. The molecule has 1 heterocycles. The third-order valence-electron chi connectivity index (χ3n) is 5.70. The highest BCUT2D eigenvalue weighted by Crippen LogP contribution is 2.30. The molecule has 1 unspecified atom stereocenters. The van der Waals surface area contributed by atoms with E-state index in [1.54, 1.807) is 13.0 Å². The second-order valence-corrected chi connectivity index (χ2v) is 9.93. The molecule has 3 amide bonds. The molecule has 182 valence electrons. The molecule has 0 saturated carbocycles. The molecule has 1 N–H and O–H groups in total. The van der Waals surface area contributed by atoms with E-state index in [1.165, 1.54) is 47.4 Å². The lowest BCUT2D eigenvalue weighted by Gasteiger charge is -2.29. The Balaban J connectivity index is 1.76.